The molecule has 2 aromatic carbocycles. The minimum atomic E-state index is 0.113. The maximum Gasteiger partial charge on any atom is 0.0972 e. The lowest BCUT2D eigenvalue weighted by Crippen LogP contribution is -2.06. The number of nitrogens with two attached hydrogens (primary N) is 1. The van der Waals surface area contributed by atoms with E-state index in [1.807, 2.05) is 18.2 Å². The van der Waals surface area contributed by atoms with Gasteiger partial charge in [-0.3, -0.25) is 0 Å². The van der Waals surface area contributed by atoms with E-state index in [-0.39, 0.29) is 11.8 Å². The van der Waals surface area contributed by atoms with Crippen molar-refractivity contribution in [2.24, 2.45) is 5.73 Å². The van der Waals surface area contributed by atoms with Crippen LogP contribution in [-0.4, -0.2) is 0 Å². The van der Waals surface area contributed by atoms with Crippen molar-refractivity contribution in [3.8, 4) is 6.07 Å². The maximum atomic E-state index is 9.49. The molecule has 1 aliphatic carbocycles. The number of aryl methyl sites for hydroxylation is 1. The Labute approximate surface area is 125 Å². The Morgan fingerprint density at radius 1 is 0.952 bits per heavy atom. The van der Waals surface area contributed by atoms with Crippen molar-refractivity contribution in [3.63, 3.8) is 0 Å². The highest BCUT2D eigenvalue weighted by atomic mass is 14.6. The van der Waals surface area contributed by atoms with Crippen LogP contribution in [0.5, 0.6) is 0 Å². The van der Waals surface area contributed by atoms with Gasteiger partial charge in [0.1, 0.15) is 0 Å². The predicted molar refractivity (Wildman–Crippen MR) is 84.5 cm³/mol. The summed E-state index contributed by atoms with van der Waals surface area (Å²) in [7, 11) is 0. The van der Waals surface area contributed by atoms with Crippen LogP contribution >= 0.6 is 0 Å². The SMILES string of the molecule is Cc1ccc(C2CC(c3ccccc3)C(C#N)=C2N)cc1. The zero-order chi connectivity index (χ0) is 14.8. The Kier molecular flexibility index (Phi) is 3.50. The average Bonchev–Trinajstić information content (AvgIpc) is 2.86. The minimum Gasteiger partial charge on any atom is -0.401 e. The lowest BCUT2D eigenvalue weighted by atomic mass is 9.89. The van der Waals surface area contributed by atoms with Crippen molar-refractivity contribution < 1.29 is 0 Å². The molecular weight excluding hydrogens is 256 g/mol. The molecule has 21 heavy (non-hydrogen) atoms. The first kappa shape index (κ1) is 13.5. The maximum absolute atomic E-state index is 9.49. The average molecular weight is 274 g/mol. The normalized spacial score (nSPS) is 21.3. The number of nitrogens with zero attached hydrogens (tertiary/aromatic N) is 1. The molecule has 0 amide bonds. The van der Waals surface area contributed by atoms with Gasteiger partial charge in [-0.25, -0.2) is 0 Å². The molecule has 2 N–H and O–H groups in total. The van der Waals surface area contributed by atoms with E-state index in [1.54, 1.807) is 0 Å². The quantitative estimate of drug-likeness (QED) is 0.899. The molecule has 0 saturated heterocycles. The molecule has 0 aliphatic heterocycles. The van der Waals surface area contributed by atoms with Gasteiger partial charge in [0.05, 0.1) is 11.6 Å². The number of benzene rings is 2. The summed E-state index contributed by atoms with van der Waals surface area (Å²) in [5.74, 6) is 0.257. The van der Waals surface area contributed by atoms with E-state index < -0.39 is 0 Å². The summed E-state index contributed by atoms with van der Waals surface area (Å²) in [6, 6.07) is 20.9. The summed E-state index contributed by atoms with van der Waals surface area (Å²) in [4.78, 5) is 0. The van der Waals surface area contributed by atoms with Crippen LogP contribution in [0.15, 0.2) is 65.9 Å². The molecule has 2 heteroatoms. The summed E-state index contributed by atoms with van der Waals surface area (Å²) < 4.78 is 0. The van der Waals surface area contributed by atoms with E-state index >= 15 is 0 Å². The van der Waals surface area contributed by atoms with E-state index in [0.29, 0.717) is 0 Å². The van der Waals surface area contributed by atoms with Crippen molar-refractivity contribution in [3.05, 3.63) is 82.6 Å². The van der Waals surface area contributed by atoms with Crippen LogP contribution in [0, 0.1) is 18.3 Å². The lowest BCUT2D eigenvalue weighted by molar-refractivity contribution is 0.697. The third kappa shape index (κ3) is 2.43. The monoisotopic (exact) mass is 274 g/mol. The fourth-order valence-electron chi connectivity index (χ4n) is 3.11. The van der Waals surface area contributed by atoms with Gasteiger partial charge in [-0.1, -0.05) is 60.2 Å². The van der Waals surface area contributed by atoms with Gasteiger partial charge in [-0.05, 0) is 24.5 Å². The number of rotatable bonds is 2. The molecule has 0 bridgehead atoms. The largest absolute Gasteiger partial charge is 0.401 e. The third-order valence-corrected chi connectivity index (χ3v) is 4.31. The van der Waals surface area contributed by atoms with E-state index in [9.17, 15) is 5.26 Å². The summed E-state index contributed by atoms with van der Waals surface area (Å²) in [6.07, 6.45) is 0.877. The zero-order valence-electron chi connectivity index (χ0n) is 12.1. The number of hydrogen-bond acceptors (Lipinski definition) is 2. The molecule has 104 valence electrons. The summed E-state index contributed by atoms with van der Waals surface area (Å²) in [5, 5.41) is 9.49. The molecule has 0 aromatic heterocycles. The Morgan fingerprint density at radius 3 is 2.19 bits per heavy atom. The number of nitriles is 1. The van der Waals surface area contributed by atoms with Crippen LogP contribution in [0.2, 0.25) is 0 Å². The standard InChI is InChI=1S/C19H18N2/c1-13-7-9-15(10-8-13)17-11-16(18(12-20)19(17)21)14-5-3-2-4-6-14/h2-10,16-17H,11,21H2,1H3. The van der Waals surface area contributed by atoms with Crippen LogP contribution in [0.1, 0.15) is 34.9 Å². The van der Waals surface area contributed by atoms with Crippen molar-refractivity contribution >= 4 is 0 Å². The molecule has 3 rings (SSSR count). The Morgan fingerprint density at radius 2 is 1.57 bits per heavy atom. The van der Waals surface area contributed by atoms with Gasteiger partial charge >= 0.3 is 0 Å². The van der Waals surface area contributed by atoms with Crippen molar-refractivity contribution in [2.75, 3.05) is 0 Å². The van der Waals surface area contributed by atoms with E-state index in [2.05, 4.69) is 49.4 Å². The highest BCUT2D eigenvalue weighted by molar-refractivity contribution is 5.48. The van der Waals surface area contributed by atoms with Crippen LogP contribution in [-0.2, 0) is 0 Å². The highest BCUT2D eigenvalue weighted by Gasteiger charge is 2.34. The smallest absolute Gasteiger partial charge is 0.0972 e. The van der Waals surface area contributed by atoms with Crippen LogP contribution in [0.4, 0.5) is 0 Å². The second-order valence-electron chi connectivity index (χ2n) is 5.64. The molecule has 1 aliphatic rings. The molecule has 0 fully saturated rings. The molecule has 0 radical (unpaired) electrons. The van der Waals surface area contributed by atoms with Gasteiger partial charge < -0.3 is 5.73 Å². The van der Waals surface area contributed by atoms with Gasteiger partial charge in [0.15, 0.2) is 0 Å². The van der Waals surface area contributed by atoms with Gasteiger partial charge in [-0.15, -0.1) is 0 Å². The van der Waals surface area contributed by atoms with Gasteiger partial charge in [0.2, 0.25) is 0 Å². The predicted octanol–water partition coefficient (Wildman–Crippen LogP) is 4.00. The molecule has 0 saturated carbocycles. The first-order valence-electron chi connectivity index (χ1n) is 7.22. The first-order valence-corrected chi connectivity index (χ1v) is 7.22. The van der Waals surface area contributed by atoms with Gasteiger partial charge in [0, 0.05) is 17.5 Å². The lowest BCUT2D eigenvalue weighted by Gasteiger charge is -2.14. The number of hydrogen-bond donors (Lipinski definition) is 1. The fourth-order valence-corrected chi connectivity index (χ4v) is 3.11. The van der Waals surface area contributed by atoms with Crippen LogP contribution in [0.25, 0.3) is 0 Å². The fraction of sp³-hybridized carbons (Fsp3) is 0.211. The molecule has 2 atom stereocenters. The van der Waals surface area contributed by atoms with Crippen LogP contribution < -0.4 is 5.73 Å². The zero-order valence-corrected chi connectivity index (χ0v) is 12.1. The van der Waals surface area contributed by atoms with Crippen LogP contribution in [0.3, 0.4) is 0 Å². The Balaban J connectivity index is 1.98. The molecule has 2 nitrogen and oxygen atoms in total. The minimum absolute atomic E-state index is 0.113. The summed E-state index contributed by atoms with van der Waals surface area (Å²) in [6.45, 7) is 2.07. The highest BCUT2D eigenvalue weighted by Crippen LogP contribution is 2.45. The Hall–Kier alpha value is -2.53. The van der Waals surface area contributed by atoms with Gasteiger partial charge in [0.25, 0.3) is 0 Å². The molecule has 2 aromatic rings. The van der Waals surface area contributed by atoms with E-state index in [0.717, 1.165) is 17.7 Å². The first-order chi connectivity index (χ1) is 10.2. The van der Waals surface area contributed by atoms with Crippen molar-refractivity contribution in [1.82, 2.24) is 0 Å². The second-order valence-corrected chi connectivity index (χ2v) is 5.64. The molecule has 2 unspecified atom stereocenters. The summed E-state index contributed by atoms with van der Waals surface area (Å²) >= 11 is 0. The molecular formula is C19H18N2. The topological polar surface area (TPSA) is 49.8 Å². The van der Waals surface area contributed by atoms with E-state index in [4.69, 9.17) is 5.73 Å². The second kappa shape index (κ2) is 5.46. The third-order valence-electron chi connectivity index (χ3n) is 4.31. The Bertz CT molecular complexity index is 705. The molecule has 0 heterocycles. The molecule has 0 spiro atoms. The van der Waals surface area contributed by atoms with Crippen molar-refractivity contribution in [1.29, 1.82) is 5.26 Å². The van der Waals surface area contributed by atoms with Crippen molar-refractivity contribution in [2.45, 2.75) is 25.2 Å². The van der Waals surface area contributed by atoms with Gasteiger partial charge in [-0.2, -0.15) is 5.26 Å². The van der Waals surface area contributed by atoms with E-state index in [1.165, 1.54) is 16.7 Å². The summed E-state index contributed by atoms with van der Waals surface area (Å²) in [5.41, 5.74) is 11.4. The number of allylic oxidation sites excluding steroid dienone is 2.